The predicted molar refractivity (Wildman–Crippen MR) is 103 cm³/mol. The monoisotopic (exact) mass is 374 g/mol. The van der Waals surface area contributed by atoms with E-state index in [1.54, 1.807) is 45.2 Å². The van der Waals surface area contributed by atoms with Crippen molar-refractivity contribution >= 4 is 29.1 Å². The molecule has 1 aromatic carbocycles. The molecule has 146 valence electrons. The van der Waals surface area contributed by atoms with Gasteiger partial charge in [-0.25, -0.2) is 0 Å². The second kappa shape index (κ2) is 9.69. The number of anilines is 2. The number of hydrogen-bond donors (Lipinski definition) is 3. The van der Waals surface area contributed by atoms with Gasteiger partial charge >= 0.3 is 0 Å². The molecule has 0 radical (unpaired) electrons. The zero-order valence-electron chi connectivity index (χ0n) is 16.5. The van der Waals surface area contributed by atoms with Gasteiger partial charge in [0.15, 0.2) is 13.1 Å². The number of quaternary nitrogens is 1. The lowest BCUT2D eigenvalue weighted by Gasteiger charge is -2.30. The highest BCUT2D eigenvalue weighted by atomic mass is 16.2. The van der Waals surface area contributed by atoms with Gasteiger partial charge < -0.3 is 20.4 Å². The zero-order chi connectivity index (χ0) is 20.6. The number of hydrogen-bond acceptors (Lipinski definition) is 4. The van der Waals surface area contributed by atoms with E-state index in [2.05, 4.69) is 16.7 Å². The summed E-state index contributed by atoms with van der Waals surface area (Å²) >= 11 is 0. The van der Waals surface area contributed by atoms with Crippen molar-refractivity contribution in [3.8, 4) is 6.07 Å². The molecular formula is C19H28N5O3+. The van der Waals surface area contributed by atoms with Crippen molar-refractivity contribution in [1.29, 1.82) is 5.26 Å². The van der Waals surface area contributed by atoms with Gasteiger partial charge in [-0.15, -0.1) is 0 Å². The molecule has 0 bridgehead atoms. The Labute approximate surface area is 160 Å². The van der Waals surface area contributed by atoms with Gasteiger partial charge in [-0.2, -0.15) is 5.26 Å². The van der Waals surface area contributed by atoms with Crippen LogP contribution in [0, 0.1) is 11.3 Å². The Kier molecular flexibility index (Phi) is 7.94. The van der Waals surface area contributed by atoms with Crippen LogP contribution in [0.25, 0.3) is 0 Å². The maximum absolute atomic E-state index is 12.4. The molecule has 0 heterocycles. The van der Waals surface area contributed by atoms with Gasteiger partial charge in [0.25, 0.3) is 11.8 Å². The lowest BCUT2D eigenvalue weighted by molar-refractivity contribution is -0.882. The Bertz CT molecular complexity index is 722. The molecule has 1 unspecified atom stereocenters. The van der Waals surface area contributed by atoms with Crippen LogP contribution in [0.4, 0.5) is 11.4 Å². The minimum Gasteiger partial charge on any atom is -0.326 e. The number of nitrogens with one attached hydrogen (secondary N) is 3. The molecule has 3 N–H and O–H groups in total. The van der Waals surface area contributed by atoms with Crippen LogP contribution >= 0.6 is 0 Å². The van der Waals surface area contributed by atoms with E-state index in [4.69, 9.17) is 5.26 Å². The molecule has 0 aliphatic heterocycles. The van der Waals surface area contributed by atoms with Crippen molar-refractivity contribution in [2.45, 2.75) is 33.2 Å². The minimum atomic E-state index is -0.895. The van der Waals surface area contributed by atoms with E-state index in [0.29, 0.717) is 17.9 Å². The van der Waals surface area contributed by atoms with Gasteiger partial charge in [-0.05, 0) is 45.0 Å². The molecule has 8 heteroatoms. The number of likely N-dealkylation sites (N-methyl/N-ethyl adjacent to an activating group) is 2. The third-order valence-corrected chi connectivity index (χ3v) is 4.29. The molecule has 0 aliphatic carbocycles. The van der Waals surface area contributed by atoms with Gasteiger partial charge in [0, 0.05) is 25.3 Å². The van der Waals surface area contributed by atoms with Crippen LogP contribution in [0.3, 0.4) is 0 Å². The van der Waals surface area contributed by atoms with Crippen LogP contribution < -0.4 is 15.5 Å². The Morgan fingerprint density at radius 1 is 1.11 bits per heavy atom. The van der Waals surface area contributed by atoms with Crippen LogP contribution in [0.1, 0.15) is 27.7 Å². The molecule has 0 fully saturated rings. The molecule has 0 saturated heterocycles. The fourth-order valence-electron chi connectivity index (χ4n) is 2.30. The van der Waals surface area contributed by atoms with Crippen LogP contribution in [0.15, 0.2) is 24.3 Å². The lowest BCUT2D eigenvalue weighted by Crippen LogP contribution is -3.14. The van der Waals surface area contributed by atoms with E-state index in [1.165, 1.54) is 11.8 Å². The van der Waals surface area contributed by atoms with E-state index < -0.39 is 5.54 Å². The molecule has 1 rings (SSSR count). The minimum absolute atomic E-state index is 0.132. The van der Waals surface area contributed by atoms with E-state index in [-0.39, 0.29) is 30.8 Å². The van der Waals surface area contributed by atoms with E-state index in [9.17, 15) is 14.4 Å². The van der Waals surface area contributed by atoms with Crippen molar-refractivity contribution in [3.05, 3.63) is 24.3 Å². The standard InChI is InChI=1S/C19H27N5O3/c1-6-24(12-18(27)23(5)19(3,4)13-20)11-17(26)22-16-9-7-15(8-10-16)21-14(2)25/h7-10H,6,11-12H2,1-5H3,(H,21,25)(H,22,26)/p+1. The van der Waals surface area contributed by atoms with Crippen LogP contribution in [-0.2, 0) is 14.4 Å². The molecule has 0 saturated carbocycles. The summed E-state index contributed by atoms with van der Waals surface area (Å²) in [7, 11) is 1.59. The van der Waals surface area contributed by atoms with Crippen molar-refractivity contribution in [1.82, 2.24) is 4.90 Å². The predicted octanol–water partition coefficient (Wildman–Crippen LogP) is 0.249. The summed E-state index contributed by atoms with van der Waals surface area (Å²) in [5.74, 6) is -0.567. The van der Waals surface area contributed by atoms with Crippen molar-refractivity contribution < 1.29 is 19.3 Å². The summed E-state index contributed by atoms with van der Waals surface area (Å²) in [5, 5.41) is 14.6. The second-order valence-corrected chi connectivity index (χ2v) is 6.89. The average molecular weight is 374 g/mol. The maximum Gasteiger partial charge on any atom is 0.279 e. The molecule has 27 heavy (non-hydrogen) atoms. The molecule has 3 amide bonds. The van der Waals surface area contributed by atoms with Crippen molar-refractivity contribution in [3.63, 3.8) is 0 Å². The SMILES string of the molecule is CC[NH+](CC(=O)Nc1ccc(NC(C)=O)cc1)CC(=O)N(C)C(C)(C)C#N. The first kappa shape index (κ1) is 22.1. The van der Waals surface area contributed by atoms with Gasteiger partial charge in [-0.3, -0.25) is 14.4 Å². The Morgan fingerprint density at radius 2 is 1.63 bits per heavy atom. The highest BCUT2D eigenvalue weighted by Crippen LogP contribution is 2.13. The van der Waals surface area contributed by atoms with Crippen molar-refractivity contribution in [2.24, 2.45) is 0 Å². The van der Waals surface area contributed by atoms with E-state index in [0.717, 1.165) is 4.90 Å². The smallest absolute Gasteiger partial charge is 0.279 e. The van der Waals surface area contributed by atoms with Crippen molar-refractivity contribution in [2.75, 3.05) is 37.3 Å². The average Bonchev–Trinajstić information content (AvgIpc) is 2.61. The lowest BCUT2D eigenvalue weighted by atomic mass is 10.1. The van der Waals surface area contributed by atoms with Gasteiger partial charge in [0.1, 0.15) is 5.54 Å². The highest BCUT2D eigenvalue weighted by Gasteiger charge is 2.29. The molecule has 1 atom stereocenters. The third-order valence-electron chi connectivity index (χ3n) is 4.29. The number of nitrogens with zero attached hydrogens (tertiary/aromatic N) is 2. The number of carbonyl (C=O) groups is 3. The second-order valence-electron chi connectivity index (χ2n) is 6.89. The summed E-state index contributed by atoms with van der Waals surface area (Å²) in [6.07, 6.45) is 0. The summed E-state index contributed by atoms with van der Waals surface area (Å²) in [4.78, 5) is 37.9. The normalized spacial score (nSPS) is 11.9. The molecule has 8 nitrogen and oxygen atoms in total. The Hall–Kier alpha value is -2.92. The number of benzene rings is 1. The fraction of sp³-hybridized carbons (Fsp3) is 0.474. The first-order chi connectivity index (χ1) is 12.6. The van der Waals surface area contributed by atoms with Crippen LogP contribution in [-0.4, -0.2) is 54.8 Å². The number of nitriles is 1. The number of carbonyl (C=O) groups excluding carboxylic acids is 3. The van der Waals surface area contributed by atoms with Crippen LogP contribution in [0.5, 0.6) is 0 Å². The largest absolute Gasteiger partial charge is 0.326 e. The van der Waals surface area contributed by atoms with E-state index in [1.807, 2.05) is 6.92 Å². The molecule has 0 aromatic heterocycles. The zero-order valence-corrected chi connectivity index (χ0v) is 16.5. The van der Waals surface area contributed by atoms with E-state index >= 15 is 0 Å². The first-order valence-electron chi connectivity index (χ1n) is 8.78. The molecular weight excluding hydrogens is 346 g/mol. The molecule has 1 aromatic rings. The topological polar surface area (TPSA) is 107 Å². The summed E-state index contributed by atoms with van der Waals surface area (Å²) in [6, 6.07) is 8.89. The number of amides is 3. The Morgan fingerprint density at radius 3 is 2.07 bits per heavy atom. The summed E-state index contributed by atoms with van der Waals surface area (Å²) in [6.45, 7) is 7.54. The highest BCUT2D eigenvalue weighted by molar-refractivity contribution is 5.92. The summed E-state index contributed by atoms with van der Waals surface area (Å²) in [5.41, 5.74) is 0.363. The summed E-state index contributed by atoms with van der Waals surface area (Å²) < 4.78 is 0. The Balaban J connectivity index is 2.62. The quantitative estimate of drug-likeness (QED) is 0.606. The van der Waals surface area contributed by atoms with Gasteiger partial charge in [-0.1, -0.05) is 0 Å². The molecule has 0 aliphatic rings. The third kappa shape index (κ3) is 7.07. The van der Waals surface area contributed by atoms with Crippen LogP contribution in [0.2, 0.25) is 0 Å². The van der Waals surface area contributed by atoms with Gasteiger partial charge in [0.05, 0.1) is 12.6 Å². The maximum atomic E-state index is 12.4. The first-order valence-corrected chi connectivity index (χ1v) is 8.78. The fourth-order valence-corrected chi connectivity index (χ4v) is 2.30. The van der Waals surface area contributed by atoms with Gasteiger partial charge in [0.2, 0.25) is 5.91 Å². The molecule has 0 spiro atoms. The number of rotatable bonds is 8.